The highest BCUT2D eigenvalue weighted by atomic mass is 32.2. The zero-order chi connectivity index (χ0) is 27.2. The molecule has 1 unspecified atom stereocenters. The van der Waals surface area contributed by atoms with Crippen LogP contribution in [-0.4, -0.2) is 56.1 Å². The topological polar surface area (TPSA) is 103 Å². The number of likely N-dealkylation sites (N-methyl/N-ethyl adjacent to an activating group) is 1. The Bertz CT molecular complexity index is 1620. The van der Waals surface area contributed by atoms with Crippen molar-refractivity contribution in [1.82, 2.24) is 20.3 Å². The van der Waals surface area contributed by atoms with Gasteiger partial charge in [-0.05, 0) is 56.3 Å². The molecule has 1 fully saturated rings. The third-order valence-corrected chi connectivity index (χ3v) is 9.52. The Morgan fingerprint density at radius 1 is 1.03 bits per heavy atom. The van der Waals surface area contributed by atoms with Crippen LogP contribution >= 0.6 is 0 Å². The monoisotopic (exact) mass is 543 g/mol. The molecule has 2 aromatic heterocycles. The van der Waals surface area contributed by atoms with Gasteiger partial charge in [0, 0.05) is 65.8 Å². The summed E-state index contributed by atoms with van der Waals surface area (Å²) in [5, 5.41) is 7.43. The first-order valence-corrected chi connectivity index (χ1v) is 14.7. The Morgan fingerprint density at radius 3 is 2.62 bits per heavy atom. The van der Waals surface area contributed by atoms with Crippen LogP contribution in [-0.2, 0) is 15.4 Å². The minimum atomic E-state index is -3.92. The molecule has 2 aliphatic heterocycles. The summed E-state index contributed by atoms with van der Waals surface area (Å²) in [7, 11) is -1.90. The minimum Gasteiger partial charge on any atom is -0.370 e. The molecule has 4 aromatic rings. The second-order valence-electron chi connectivity index (χ2n) is 10.9. The van der Waals surface area contributed by atoms with E-state index in [-0.39, 0.29) is 11.4 Å². The summed E-state index contributed by atoms with van der Waals surface area (Å²) in [6.45, 7) is 6.33. The predicted molar refractivity (Wildman–Crippen MR) is 155 cm³/mol. The number of rotatable bonds is 6. The number of pyridine rings is 1. The lowest BCUT2D eigenvalue weighted by molar-refractivity contribution is 0.449. The number of hydrogen-bond acceptors (Lipinski definition) is 8. The van der Waals surface area contributed by atoms with Gasteiger partial charge in [-0.15, -0.1) is 0 Å². The van der Waals surface area contributed by atoms with E-state index >= 15 is 0 Å². The molecular formula is C29H33N7O2S. The van der Waals surface area contributed by atoms with Crippen molar-refractivity contribution in [1.29, 1.82) is 0 Å². The molecule has 1 atom stereocenters. The van der Waals surface area contributed by atoms with Gasteiger partial charge < -0.3 is 15.5 Å². The van der Waals surface area contributed by atoms with Crippen LogP contribution in [0.1, 0.15) is 32.3 Å². The second kappa shape index (κ2) is 9.77. The average Bonchev–Trinajstić information content (AvgIpc) is 3.23. The average molecular weight is 544 g/mol. The largest absolute Gasteiger partial charge is 0.370 e. The van der Waals surface area contributed by atoms with E-state index < -0.39 is 15.4 Å². The summed E-state index contributed by atoms with van der Waals surface area (Å²) in [4.78, 5) is 16.2. The molecule has 6 rings (SSSR count). The third kappa shape index (κ3) is 4.68. The van der Waals surface area contributed by atoms with Crippen LogP contribution in [0.4, 0.5) is 23.1 Å². The number of fused-ring (bicyclic) bond motifs is 2. The number of aromatic nitrogens is 3. The molecule has 4 heterocycles. The molecule has 0 aliphatic carbocycles. The molecule has 0 radical (unpaired) electrons. The maximum absolute atomic E-state index is 14.0. The molecule has 2 aromatic carbocycles. The molecule has 1 saturated heterocycles. The first-order valence-electron chi connectivity index (χ1n) is 13.3. The first-order chi connectivity index (χ1) is 18.8. The zero-order valence-electron chi connectivity index (χ0n) is 22.4. The summed E-state index contributed by atoms with van der Waals surface area (Å²) < 4.78 is 29.4. The number of nitrogens with one attached hydrogen (secondary N) is 2. The SMILES string of the molecule is CNC1CCCN(c2ccc(Nc3ncc4c(n3)N(S(=O)(=O)c3cccc5cccnc35)CC4(C)C)cc2)C1. The third-order valence-electron chi connectivity index (χ3n) is 7.75. The Balaban J connectivity index is 1.29. The van der Waals surface area contributed by atoms with E-state index in [1.807, 2.05) is 45.2 Å². The van der Waals surface area contributed by atoms with Gasteiger partial charge in [0.1, 0.15) is 4.90 Å². The van der Waals surface area contributed by atoms with Crippen molar-refractivity contribution in [2.24, 2.45) is 0 Å². The Labute approximate surface area is 229 Å². The van der Waals surface area contributed by atoms with Crippen LogP contribution in [0.2, 0.25) is 0 Å². The number of benzene rings is 2. The lowest BCUT2D eigenvalue weighted by Gasteiger charge is -2.34. The van der Waals surface area contributed by atoms with Crippen LogP contribution in [0.3, 0.4) is 0 Å². The molecule has 2 N–H and O–H groups in total. The fourth-order valence-electron chi connectivity index (χ4n) is 5.55. The van der Waals surface area contributed by atoms with Crippen LogP contribution in [0, 0.1) is 0 Å². The van der Waals surface area contributed by atoms with Gasteiger partial charge in [-0.1, -0.05) is 32.0 Å². The van der Waals surface area contributed by atoms with E-state index in [0.29, 0.717) is 23.3 Å². The number of para-hydroxylation sites is 1. The second-order valence-corrected chi connectivity index (χ2v) is 12.7. The van der Waals surface area contributed by atoms with Crippen molar-refractivity contribution in [2.45, 2.75) is 43.0 Å². The van der Waals surface area contributed by atoms with Crippen LogP contribution in [0.25, 0.3) is 10.9 Å². The lowest BCUT2D eigenvalue weighted by Crippen LogP contribution is -2.44. The Morgan fingerprint density at radius 2 is 1.82 bits per heavy atom. The fraction of sp³-hybridized carbons (Fsp3) is 0.345. The Hall–Kier alpha value is -3.76. The van der Waals surface area contributed by atoms with Gasteiger partial charge in [0.15, 0.2) is 5.82 Å². The summed E-state index contributed by atoms with van der Waals surface area (Å²) >= 11 is 0. The number of nitrogens with zero attached hydrogens (tertiary/aromatic N) is 5. The highest BCUT2D eigenvalue weighted by Gasteiger charge is 2.43. The van der Waals surface area contributed by atoms with Gasteiger partial charge in [-0.25, -0.2) is 17.7 Å². The molecule has 0 saturated carbocycles. The van der Waals surface area contributed by atoms with Crippen molar-refractivity contribution in [3.8, 4) is 0 Å². The smallest absolute Gasteiger partial charge is 0.267 e. The quantitative estimate of drug-likeness (QED) is 0.368. The maximum atomic E-state index is 14.0. The van der Waals surface area contributed by atoms with E-state index in [1.54, 1.807) is 30.6 Å². The molecule has 39 heavy (non-hydrogen) atoms. The van der Waals surface area contributed by atoms with Gasteiger partial charge in [0.2, 0.25) is 5.95 Å². The normalized spacial score (nSPS) is 18.8. The lowest BCUT2D eigenvalue weighted by atomic mass is 9.89. The summed E-state index contributed by atoms with van der Waals surface area (Å²) in [6.07, 6.45) is 5.71. The number of sulfonamides is 1. The highest BCUT2D eigenvalue weighted by molar-refractivity contribution is 7.93. The van der Waals surface area contributed by atoms with Crippen molar-refractivity contribution in [3.63, 3.8) is 0 Å². The van der Waals surface area contributed by atoms with Crippen LogP contribution in [0.5, 0.6) is 0 Å². The summed E-state index contributed by atoms with van der Waals surface area (Å²) in [5.74, 6) is 0.747. The maximum Gasteiger partial charge on any atom is 0.267 e. The Kier molecular flexibility index (Phi) is 6.39. The van der Waals surface area contributed by atoms with Crippen molar-refractivity contribution in [3.05, 3.63) is 72.6 Å². The van der Waals surface area contributed by atoms with Gasteiger partial charge in [0.05, 0.1) is 5.52 Å². The van der Waals surface area contributed by atoms with Gasteiger partial charge in [-0.2, -0.15) is 4.98 Å². The number of piperidine rings is 1. The summed E-state index contributed by atoms with van der Waals surface area (Å²) in [5.41, 5.74) is 2.82. The van der Waals surface area contributed by atoms with Crippen LogP contribution in [0.15, 0.2) is 71.9 Å². The molecule has 2 aliphatic rings. The molecule has 0 amide bonds. The van der Waals surface area contributed by atoms with E-state index in [2.05, 4.69) is 37.6 Å². The first kappa shape index (κ1) is 25.5. The van der Waals surface area contributed by atoms with Gasteiger partial charge >= 0.3 is 0 Å². The standard InChI is InChI=1S/C29H33N7O2S/c1-29(2)19-36(39(37,38)25-10-4-7-20-8-5-15-31-26(20)25)27-24(29)17-32-28(34-27)33-21-11-13-23(14-12-21)35-16-6-9-22(18-35)30-3/h4-5,7-8,10-15,17,22,30H,6,9,16,18-19H2,1-3H3,(H,32,33,34). The number of hydrogen-bond donors (Lipinski definition) is 2. The van der Waals surface area contributed by atoms with Crippen molar-refractivity contribution >= 4 is 44.1 Å². The highest BCUT2D eigenvalue weighted by Crippen LogP contribution is 2.42. The molecule has 9 nitrogen and oxygen atoms in total. The molecular weight excluding hydrogens is 510 g/mol. The molecule has 202 valence electrons. The predicted octanol–water partition coefficient (Wildman–Crippen LogP) is 4.44. The van der Waals surface area contributed by atoms with E-state index in [9.17, 15) is 8.42 Å². The van der Waals surface area contributed by atoms with E-state index in [1.165, 1.54) is 22.8 Å². The minimum absolute atomic E-state index is 0.172. The van der Waals surface area contributed by atoms with Gasteiger partial charge in [0.25, 0.3) is 10.0 Å². The van der Waals surface area contributed by atoms with E-state index in [4.69, 9.17) is 4.98 Å². The summed E-state index contributed by atoms with van der Waals surface area (Å²) in [6, 6.07) is 17.6. The molecule has 0 bridgehead atoms. The van der Waals surface area contributed by atoms with Crippen LogP contribution < -0.4 is 19.8 Å². The number of anilines is 4. The molecule has 10 heteroatoms. The molecule has 0 spiro atoms. The van der Waals surface area contributed by atoms with Gasteiger partial charge in [-0.3, -0.25) is 4.98 Å². The zero-order valence-corrected chi connectivity index (χ0v) is 23.2. The van der Waals surface area contributed by atoms with E-state index in [0.717, 1.165) is 29.7 Å². The fourth-order valence-corrected chi connectivity index (χ4v) is 7.32. The van der Waals surface area contributed by atoms with Crippen molar-refractivity contribution in [2.75, 3.05) is 41.2 Å². The van der Waals surface area contributed by atoms with Crippen molar-refractivity contribution < 1.29 is 8.42 Å².